The predicted octanol–water partition coefficient (Wildman–Crippen LogP) is 2.80. The van der Waals surface area contributed by atoms with Gasteiger partial charge >= 0.3 is 6.18 Å². The maximum Gasteiger partial charge on any atom is 0.405 e. The summed E-state index contributed by atoms with van der Waals surface area (Å²) in [5.41, 5.74) is -0.645. The molecule has 2 aromatic rings. The third-order valence-electron chi connectivity index (χ3n) is 3.29. The molecule has 0 bridgehead atoms. The standard InChI is InChI=1S/C17H14F3N3O5/c18-17(19,20)10-22-15(24)9-21-16(25)13-8-11(23(26)27)6-7-14(13)28-12-4-2-1-3-5-12/h1-8H,9-10H2,(H,21,25)(H,22,24). The van der Waals surface area contributed by atoms with Gasteiger partial charge in [0.05, 0.1) is 17.0 Å². The van der Waals surface area contributed by atoms with Crippen LogP contribution in [0.25, 0.3) is 0 Å². The Morgan fingerprint density at radius 2 is 1.75 bits per heavy atom. The van der Waals surface area contributed by atoms with E-state index in [0.717, 1.165) is 12.1 Å². The van der Waals surface area contributed by atoms with Gasteiger partial charge in [-0.05, 0) is 18.2 Å². The van der Waals surface area contributed by atoms with Crippen molar-refractivity contribution in [2.75, 3.05) is 13.1 Å². The number of hydrogen-bond donors (Lipinski definition) is 2. The number of carbonyl (C=O) groups is 2. The molecule has 0 atom stereocenters. The number of benzene rings is 2. The topological polar surface area (TPSA) is 111 Å². The number of carbonyl (C=O) groups excluding carboxylic acids is 2. The second-order valence-electron chi connectivity index (χ2n) is 5.43. The van der Waals surface area contributed by atoms with Crippen molar-refractivity contribution in [1.82, 2.24) is 10.6 Å². The number of rotatable bonds is 7. The average Bonchev–Trinajstić information content (AvgIpc) is 2.64. The molecule has 11 heteroatoms. The summed E-state index contributed by atoms with van der Waals surface area (Å²) in [5, 5.41) is 14.7. The predicted molar refractivity (Wildman–Crippen MR) is 91.0 cm³/mol. The Hall–Kier alpha value is -3.63. The maximum atomic E-state index is 12.3. The number of non-ortho nitro benzene ring substituents is 1. The minimum Gasteiger partial charge on any atom is -0.457 e. The second-order valence-corrected chi connectivity index (χ2v) is 5.43. The fourth-order valence-corrected chi connectivity index (χ4v) is 2.03. The first-order chi connectivity index (χ1) is 13.2. The quantitative estimate of drug-likeness (QED) is 0.551. The van der Waals surface area contributed by atoms with Crippen LogP contribution in [0.3, 0.4) is 0 Å². The molecule has 0 aliphatic heterocycles. The van der Waals surface area contributed by atoms with E-state index in [0.29, 0.717) is 5.75 Å². The molecular weight excluding hydrogens is 383 g/mol. The minimum absolute atomic E-state index is 0.0231. The number of alkyl halides is 3. The van der Waals surface area contributed by atoms with Gasteiger partial charge in [-0.2, -0.15) is 13.2 Å². The molecule has 0 radical (unpaired) electrons. The minimum atomic E-state index is -4.59. The molecule has 2 rings (SSSR count). The van der Waals surface area contributed by atoms with E-state index >= 15 is 0 Å². The highest BCUT2D eigenvalue weighted by Gasteiger charge is 2.27. The van der Waals surface area contributed by atoms with E-state index in [4.69, 9.17) is 4.74 Å². The molecule has 0 unspecified atom stereocenters. The highest BCUT2D eigenvalue weighted by molar-refractivity contribution is 5.99. The molecule has 0 spiro atoms. The van der Waals surface area contributed by atoms with Crippen LogP contribution in [-0.2, 0) is 4.79 Å². The van der Waals surface area contributed by atoms with Crippen LogP contribution >= 0.6 is 0 Å². The Morgan fingerprint density at radius 1 is 1.07 bits per heavy atom. The Kier molecular flexibility index (Phi) is 6.53. The van der Waals surface area contributed by atoms with Gasteiger partial charge in [0.2, 0.25) is 5.91 Å². The number of ether oxygens (including phenoxy) is 1. The lowest BCUT2D eigenvalue weighted by atomic mass is 10.1. The largest absolute Gasteiger partial charge is 0.457 e. The lowest BCUT2D eigenvalue weighted by Gasteiger charge is -2.12. The van der Waals surface area contributed by atoms with Crippen molar-refractivity contribution in [3.8, 4) is 11.5 Å². The summed E-state index contributed by atoms with van der Waals surface area (Å²) in [6.45, 7) is -2.29. The lowest BCUT2D eigenvalue weighted by molar-refractivity contribution is -0.384. The molecule has 0 aliphatic carbocycles. The number of para-hydroxylation sites is 1. The monoisotopic (exact) mass is 397 g/mol. The fourth-order valence-electron chi connectivity index (χ4n) is 2.03. The van der Waals surface area contributed by atoms with Crippen molar-refractivity contribution in [2.45, 2.75) is 6.18 Å². The molecule has 148 valence electrons. The van der Waals surface area contributed by atoms with Gasteiger partial charge in [-0.1, -0.05) is 18.2 Å². The molecule has 28 heavy (non-hydrogen) atoms. The van der Waals surface area contributed by atoms with Crippen LogP contribution in [0.2, 0.25) is 0 Å². The number of nitro groups is 1. The van der Waals surface area contributed by atoms with Gasteiger partial charge in [-0.15, -0.1) is 0 Å². The number of hydrogen-bond acceptors (Lipinski definition) is 5. The Morgan fingerprint density at radius 3 is 2.36 bits per heavy atom. The highest BCUT2D eigenvalue weighted by atomic mass is 19.4. The molecule has 8 nitrogen and oxygen atoms in total. The average molecular weight is 397 g/mol. The van der Waals surface area contributed by atoms with Crippen LogP contribution in [0.5, 0.6) is 11.5 Å². The Bertz CT molecular complexity index is 872. The second kappa shape index (κ2) is 8.84. The smallest absolute Gasteiger partial charge is 0.405 e. The third-order valence-corrected chi connectivity index (χ3v) is 3.29. The summed E-state index contributed by atoms with van der Waals surface area (Å²) in [7, 11) is 0. The van der Waals surface area contributed by atoms with Crippen LogP contribution < -0.4 is 15.4 Å². The fraction of sp³-hybridized carbons (Fsp3) is 0.176. The molecule has 0 saturated carbocycles. The van der Waals surface area contributed by atoms with Gasteiger partial charge in [0.1, 0.15) is 18.0 Å². The van der Waals surface area contributed by atoms with Crippen LogP contribution in [-0.4, -0.2) is 36.0 Å². The normalized spacial score (nSPS) is 10.8. The van der Waals surface area contributed by atoms with Crippen molar-refractivity contribution >= 4 is 17.5 Å². The summed E-state index contributed by atoms with van der Waals surface area (Å²) >= 11 is 0. The molecule has 2 N–H and O–H groups in total. The van der Waals surface area contributed by atoms with Crippen molar-refractivity contribution in [3.05, 3.63) is 64.2 Å². The van der Waals surface area contributed by atoms with Crippen molar-refractivity contribution < 1.29 is 32.4 Å². The Balaban J connectivity index is 2.14. The molecule has 0 aliphatic rings. The molecular formula is C17H14F3N3O5. The molecule has 2 amide bonds. The number of nitrogens with one attached hydrogen (secondary N) is 2. The van der Waals surface area contributed by atoms with Crippen LogP contribution in [0.1, 0.15) is 10.4 Å². The SMILES string of the molecule is O=C(CNC(=O)c1cc([N+](=O)[O-])ccc1Oc1ccccc1)NCC(F)(F)F. The van der Waals surface area contributed by atoms with Crippen molar-refractivity contribution in [1.29, 1.82) is 0 Å². The van der Waals surface area contributed by atoms with Gasteiger partial charge < -0.3 is 15.4 Å². The van der Waals surface area contributed by atoms with E-state index in [2.05, 4.69) is 5.32 Å². The molecule has 2 aromatic carbocycles. The van der Waals surface area contributed by atoms with Crippen molar-refractivity contribution in [3.63, 3.8) is 0 Å². The zero-order chi connectivity index (χ0) is 20.7. The molecule has 0 saturated heterocycles. The van der Waals surface area contributed by atoms with E-state index in [-0.39, 0.29) is 11.3 Å². The van der Waals surface area contributed by atoms with E-state index < -0.39 is 41.7 Å². The molecule has 0 heterocycles. The van der Waals surface area contributed by atoms with Gasteiger partial charge in [0.15, 0.2) is 0 Å². The van der Waals surface area contributed by atoms with E-state index in [1.54, 1.807) is 35.6 Å². The molecule has 0 aromatic heterocycles. The highest BCUT2D eigenvalue weighted by Crippen LogP contribution is 2.28. The maximum absolute atomic E-state index is 12.3. The number of amides is 2. The van der Waals surface area contributed by atoms with Gasteiger partial charge in [-0.25, -0.2) is 0 Å². The zero-order valence-electron chi connectivity index (χ0n) is 14.2. The first-order valence-corrected chi connectivity index (χ1v) is 7.79. The summed E-state index contributed by atoms with van der Waals surface area (Å²) in [6.07, 6.45) is -4.59. The summed E-state index contributed by atoms with van der Waals surface area (Å²) in [4.78, 5) is 34.0. The zero-order valence-corrected chi connectivity index (χ0v) is 14.2. The third kappa shape index (κ3) is 6.27. The van der Waals surface area contributed by atoms with Gasteiger partial charge in [0.25, 0.3) is 11.6 Å². The summed E-state index contributed by atoms with van der Waals surface area (Å²) < 4.78 is 41.8. The number of nitro benzene ring substituents is 1. The van der Waals surface area contributed by atoms with E-state index in [9.17, 15) is 32.9 Å². The summed E-state index contributed by atoms with van der Waals surface area (Å²) in [5.74, 6) is -1.66. The molecule has 0 fully saturated rings. The lowest BCUT2D eigenvalue weighted by Crippen LogP contribution is -2.40. The number of halogens is 3. The van der Waals surface area contributed by atoms with Crippen molar-refractivity contribution in [2.24, 2.45) is 0 Å². The van der Waals surface area contributed by atoms with Crippen LogP contribution in [0.4, 0.5) is 18.9 Å². The first-order valence-electron chi connectivity index (χ1n) is 7.79. The summed E-state index contributed by atoms with van der Waals surface area (Å²) in [6, 6.07) is 11.5. The van der Waals surface area contributed by atoms with E-state index in [1.807, 2.05) is 0 Å². The van der Waals surface area contributed by atoms with Crippen LogP contribution in [0.15, 0.2) is 48.5 Å². The van der Waals surface area contributed by atoms with Gasteiger partial charge in [0, 0.05) is 12.1 Å². The Labute approximate surface area is 156 Å². The van der Waals surface area contributed by atoms with Gasteiger partial charge in [-0.3, -0.25) is 19.7 Å². The van der Waals surface area contributed by atoms with E-state index in [1.165, 1.54) is 6.07 Å². The van der Waals surface area contributed by atoms with Crippen LogP contribution in [0, 0.1) is 10.1 Å². The first kappa shape index (κ1) is 20.7. The number of nitrogens with zero attached hydrogens (tertiary/aromatic N) is 1.